The topological polar surface area (TPSA) is 60.0 Å². The fourth-order valence-corrected chi connectivity index (χ4v) is 3.36. The van der Waals surface area contributed by atoms with E-state index in [4.69, 9.17) is 4.52 Å². The van der Waals surface area contributed by atoms with Crippen LogP contribution >= 0.6 is 12.4 Å². The molecule has 0 N–H and O–H groups in total. The number of para-hydroxylation sites is 1. The number of halogens is 4. The van der Waals surface area contributed by atoms with Crippen LogP contribution in [0, 0.1) is 5.41 Å². The molecule has 1 aliphatic heterocycles. The fourth-order valence-electron chi connectivity index (χ4n) is 3.36. The van der Waals surface area contributed by atoms with Gasteiger partial charge in [-0.3, -0.25) is 0 Å². The van der Waals surface area contributed by atoms with E-state index in [1.807, 2.05) is 6.07 Å². The van der Waals surface area contributed by atoms with Crippen molar-refractivity contribution in [3.63, 3.8) is 0 Å². The number of aromatic nitrogens is 1. The van der Waals surface area contributed by atoms with Crippen molar-refractivity contribution >= 4 is 29.5 Å². The lowest BCUT2D eigenvalue weighted by atomic mass is 9.90. The lowest BCUT2D eigenvalue weighted by Crippen LogP contribution is -2.18. The second kappa shape index (κ2) is 8.34. The highest BCUT2D eigenvalue weighted by atomic mass is 35.5. The van der Waals surface area contributed by atoms with E-state index in [0.29, 0.717) is 40.6 Å². The summed E-state index contributed by atoms with van der Waals surface area (Å²) in [5.41, 5.74) is 3.25. The molecule has 0 fully saturated rings. The predicted molar refractivity (Wildman–Crippen MR) is 115 cm³/mol. The largest absolute Gasteiger partial charge is 0.573 e. The van der Waals surface area contributed by atoms with Gasteiger partial charge in [0.2, 0.25) is 5.76 Å². The Morgan fingerprint density at radius 3 is 2.52 bits per heavy atom. The molecule has 164 valence electrons. The smallest absolute Gasteiger partial charge is 0.405 e. The molecule has 0 atom stereocenters. The van der Waals surface area contributed by atoms with Gasteiger partial charge in [0.1, 0.15) is 5.75 Å². The Labute approximate surface area is 183 Å². The summed E-state index contributed by atoms with van der Waals surface area (Å²) in [5, 5.41) is 4.09. The molecule has 0 saturated heterocycles. The van der Waals surface area contributed by atoms with Crippen molar-refractivity contribution < 1.29 is 22.4 Å². The van der Waals surface area contributed by atoms with Crippen LogP contribution in [0.25, 0.3) is 5.57 Å². The predicted octanol–water partition coefficient (Wildman–Crippen LogP) is 6.16. The summed E-state index contributed by atoms with van der Waals surface area (Å²) in [6.07, 6.45) is -0.193. The molecule has 1 aliphatic carbocycles. The van der Waals surface area contributed by atoms with Gasteiger partial charge in [0.25, 0.3) is 0 Å². The van der Waals surface area contributed by atoms with Crippen molar-refractivity contribution in [2.45, 2.75) is 40.0 Å². The van der Waals surface area contributed by atoms with Crippen molar-refractivity contribution in [3.05, 3.63) is 65.2 Å². The highest BCUT2D eigenvalue weighted by molar-refractivity contribution is 6.20. The molecule has 0 radical (unpaired) electrons. The van der Waals surface area contributed by atoms with Gasteiger partial charge in [-0.1, -0.05) is 50.2 Å². The standard InChI is InChI=1S/C22H20F3N3O2.ClH/c1-21(2,3)12-14-11-19(30-28-14)20-26-16-9-8-13(10-17(16)27-20)15-6-4-5-7-18(15)29-22(23,24)25;/h4-9,11H,10,12H2,1-3H3;1H. The van der Waals surface area contributed by atoms with E-state index >= 15 is 0 Å². The number of hydrogen-bond donors (Lipinski definition) is 0. The van der Waals surface area contributed by atoms with Gasteiger partial charge in [0.05, 0.1) is 17.1 Å². The van der Waals surface area contributed by atoms with Gasteiger partial charge in [-0.2, -0.15) is 0 Å². The van der Waals surface area contributed by atoms with Crippen molar-refractivity contribution in [2.24, 2.45) is 15.4 Å². The third-order valence-electron chi connectivity index (χ3n) is 4.51. The highest BCUT2D eigenvalue weighted by Crippen LogP contribution is 2.36. The lowest BCUT2D eigenvalue weighted by molar-refractivity contribution is -0.274. The number of rotatable bonds is 4. The second-order valence-corrected chi connectivity index (χ2v) is 8.38. The van der Waals surface area contributed by atoms with Gasteiger partial charge in [0, 0.05) is 18.1 Å². The summed E-state index contributed by atoms with van der Waals surface area (Å²) in [6.45, 7) is 6.34. The van der Waals surface area contributed by atoms with Gasteiger partial charge >= 0.3 is 6.36 Å². The van der Waals surface area contributed by atoms with Crippen LogP contribution in [-0.4, -0.2) is 23.1 Å². The lowest BCUT2D eigenvalue weighted by Gasteiger charge is -2.17. The zero-order valence-corrected chi connectivity index (χ0v) is 18.0. The molecule has 1 aromatic carbocycles. The van der Waals surface area contributed by atoms with E-state index in [-0.39, 0.29) is 23.6 Å². The van der Waals surface area contributed by atoms with Crippen LogP contribution in [0.2, 0.25) is 0 Å². The van der Waals surface area contributed by atoms with E-state index in [1.165, 1.54) is 12.1 Å². The molecule has 2 aromatic rings. The summed E-state index contributed by atoms with van der Waals surface area (Å²) in [7, 11) is 0. The molecule has 4 rings (SSSR count). The zero-order valence-electron chi connectivity index (χ0n) is 17.2. The molecule has 1 aromatic heterocycles. The molecule has 5 nitrogen and oxygen atoms in total. The van der Waals surface area contributed by atoms with E-state index in [2.05, 4.69) is 40.6 Å². The molecular formula is C22H21ClF3N3O2. The first-order valence-electron chi connectivity index (χ1n) is 9.46. The SMILES string of the molecule is CC(C)(C)Cc1cc(C2=NC3=CC=C(c4ccccc4OC(F)(F)F)CC3=N2)on1.Cl. The average molecular weight is 452 g/mol. The van der Waals surface area contributed by atoms with Crippen molar-refractivity contribution in [1.82, 2.24) is 5.16 Å². The molecule has 0 spiro atoms. The van der Waals surface area contributed by atoms with Crippen molar-refractivity contribution in [2.75, 3.05) is 0 Å². The minimum absolute atomic E-state index is 0. The Hall–Kier alpha value is -2.87. The first-order valence-corrected chi connectivity index (χ1v) is 9.46. The summed E-state index contributed by atoms with van der Waals surface area (Å²) in [4.78, 5) is 9.02. The Bertz CT molecular complexity index is 1110. The molecule has 0 amide bonds. The van der Waals surface area contributed by atoms with Crippen molar-refractivity contribution in [1.29, 1.82) is 0 Å². The van der Waals surface area contributed by atoms with Gasteiger partial charge in [-0.05, 0) is 29.6 Å². The fraction of sp³-hybridized carbons (Fsp3) is 0.318. The number of alkyl halides is 3. The van der Waals surface area contributed by atoms with Crippen LogP contribution < -0.4 is 4.74 Å². The number of fused-ring (bicyclic) bond motifs is 1. The normalized spacial score (nSPS) is 15.9. The van der Waals surface area contributed by atoms with E-state index in [1.54, 1.807) is 24.3 Å². The molecular weight excluding hydrogens is 431 g/mol. The number of nitrogens with zero attached hydrogens (tertiary/aromatic N) is 3. The average Bonchev–Trinajstić information content (AvgIpc) is 3.25. The monoisotopic (exact) mass is 451 g/mol. The quantitative estimate of drug-likeness (QED) is 0.559. The number of aliphatic imine (C=N–C) groups is 2. The molecule has 9 heteroatoms. The molecule has 31 heavy (non-hydrogen) atoms. The van der Waals surface area contributed by atoms with Gasteiger partial charge in [-0.25, -0.2) is 9.98 Å². The van der Waals surface area contributed by atoms with E-state index in [0.717, 1.165) is 12.1 Å². The summed E-state index contributed by atoms with van der Waals surface area (Å²) in [6, 6.07) is 7.89. The third kappa shape index (κ3) is 5.44. The Balaban J connectivity index is 0.00000272. The minimum Gasteiger partial charge on any atom is -0.405 e. The van der Waals surface area contributed by atoms with Crippen LogP contribution in [0.4, 0.5) is 13.2 Å². The number of hydrogen-bond acceptors (Lipinski definition) is 5. The maximum absolute atomic E-state index is 12.7. The molecule has 0 unspecified atom stereocenters. The Morgan fingerprint density at radius 2 is 1.81 bits per heavy atom. The summed E-state index contributed by atoms with van der Waals surface area (Å²) in [5.74, 6) is 0.646. The van der Waals surface area contributed by atoms with Crippen LogP contribution in [-0.2, 0) is 6.42 Å². The Morgan fingerprint density at radius 1 is 1.06 bits per heavy atom. The van der Waals surface area contributed by atoms with Crippen LogP contribution in [0.1, 0.15) is 44.2 Å². The minimum atomic E-state index is -4.76. The molecule has 2 aliphatic rings. The zero-order chi connectivity index (χ0) is 21.5. The number of ether oxygens (including phenoxy) is 1. The first kappa shape index (κ1) is 22.8. The Kier molecular flexibility index (Phi) is 6.14. The number of benzene rings is 1. The van der Waals surface area contributed by atoms with E-state index in [9.17, 15) is 13.2 Å². The summed E-state index contributed by atoms with van der Waals surface area (Å²) >= 11 is 0. The van der Waals surface area contributed by atoms with Gasteiger partial charge in [-0.15, -0.1) is 25.6 Å². The third-order valence-corrected chi connectivity index (χ3v) is 4.51. The first-order chi connectivity index (χ1) is 14.1. The van der Waals surface area contributed by atoms with Crippen molar-refractivity contribution in [3.8, 4) is 5.75 Å². The highest BCUT2D eigenvalue weighted by Gasteiger charge is 2.33. The number of amidine groups is 1. The maximum Gasteiger partial charge on any atom is 0.573 e. The number of allylic oxidation sites excluding steroid dienone is 4. The van der Waals surface area contributed by atoms with Crippen LogP contribution in [0.15, 0.2) is 62.7 Å². The molecule has 0 saturated carbocycles. The molecule has 0 bridgehead atoms. The van der Waals surface area contributed by atoms with Crippen LogP contribution in [0.5, 0.6) is 5.75 Å². The van der Waals surface area contributed by atoms with E-state index < -0.39 is 6.36 Å². The van der Waals surface area contributed by atoms with Gasteiger partial charge < -0.3 is 9.26 Å². The summed E-state index contributed by atoms with van der Waals surface area (Å²) < 4.78 is 47.8. The van der Waals surface area contributed by atoms with Gasteiger partial charge in [0.15, 0.2) is 5.84 Å². The van der Waals surface area contributed by atoms with Crippen LogP contribution in [0.3, 0.4) is 0 Å². The molecule has 2 heterocycles. The maximum atomic E-state index is 12.7. The second-order valence-electron chi connectivity index (χ2n) is 8.38.